The van der Waals surface area contributed by atoms with Crippen LogP contribution in [0.3, 0.4) is 0 Å². The number of amides is 1. The quantitative estimate of drug-likeness (QED) is 0.830. The molecule has 0 aliphatic carbocycles. The van der Waals surface area contributed by atoms with Gasteiger partial charge >= 0.3 is 0 Å². The molecule has 2 rings (SSSR count). The fourth-order valence-corrected chi connectivity index (χ4v) is 2.38. The average molecular weight is 297 g/mol. The molecule has 0 saturated carbocycles. The van der Waals surface area contributed by atoms with Crippen molar-refractivity contribution in [2.45, 2.75) is 27.2 Å². The van der Waals surface area contributed by atoms with E-state index >= 15 is 0 Å². The second kappa shape index (κ2) is 7.64. The predicted molar refractivity (Wildman–Crippen MR) is 89.3 cm³/mol. The number of hydrogen-bond donors (Lipinski definition) is 1. The van der Waals surface area contributed by atoms with Crippen molar-refractivity contribution in [2.75, 3.05) is 13.2 Å². The summed E-state index contributed by atoms with van der Waals surface area (Å²) in [6, 6.07) is 14.1. The first-order chi connectivity index (χ1) is 10.5. The van der Waals surface area contributed by atoms with E-state index in [1.165, 1.54) is 11.1 Å². The predicted octanol–water partition coefficient (Wildman–Crippen LogP) is 3.35. The summed E-state index contributed by atoms with van der Waals surface area (Å²) in [4.78, 5) is 11.9. The molecule has 0 aliphatic heterocycles. The van der Waals surface area contributed by atoms with Gasteiger partial charge in [-0.15, -0.1) is 0 Å². The van der Waals surface area contributed by atoms with Gasteiger partial charge in [-0.2, -0.15) is 0 Å². The molecule has 0 saturated heterocycles. The molecule has 0 atom stereocenters. The second-order valence-electron chi connectivity index (χ2n) is 5.63. The van der Waals surface area contributed by atoms with Crippen LogP contribution in [0.1, 0.15) is 22.3 Å². The van der Waals surface area contributed by atoms with Gasteiger partial charge in [0.15, 0.2) is 0 Å². The monoisotopic (exact) mass is 297 g/mol. The molecular weight excluding hydrogens is 274 g/mol. The van der Waals surface area contributed by atoms with E-state index in [0.29, 0.717) is 19.6 Å². The molecule has 22 heavy (non-hydrogen) atoms. The minimum absolute atomic E-state index is 0.0230. The molecule has 0 unspecified atom stereocenters. The zero-order chi connectivity index (χ0) is 15.9. The highest BCUT2D eigenvalue weighted by Crippen LogP contribution is 2.18. The van der Waals surface area contributed by atoms with E-state index in [1.807, 2.05) is 50.2 Å². The zero-order valence-electron chi connectivity index (χ0n) is 13.5. The van der Waals surface area contributed by atoms with Gasteiger partial charge in [-0.1, -0.05) is 47.5 Å². The zero-order valence-corrected chi connectivity index (χ0v) is 13.5. The Balaban J connectivity index is 1.73. The van der Waals surface area contributed by atoms with Crippen LogP contribution in [0, 0.1) is 20.8 Å². The highest BCUT2D eigenvalue weighted by molar-refractivity contribution is 5.78. The highest BCUT2D eigenvalue weighted by Gasteiger charge is 2.04. The minimum Gasteiger partial charge on any atom is -0.491 e. The molecule has 3 nitrogen and oxygen atoms in total. The molecule has 0 heterocycles. The summed E-state index contributed by atoms with van der Waals surface area (Å²) in [6.45, 7) is 7.10. The van der Waals surface area contributed by atoms with Crippen molar-refractivity contribution in [1.29, 1.82) is 0 Å². The van der Waals surface area contributed by atoms with Gasteiger partial charge in [-0.05, 0) is 38.0 Å². The molecule has 0 bridgehead atoms. The highest BCUT2D eigenvalue weighted by atomic mass is 16.5. The maximum atomic E-state index is 11.9. The lowest BCUT2D eigenvalue weighted by atomic mass is 10.1. The van der Waals surface area contributed by atoms with E-state index in [1.54, 1.807) is 0 Å². The van der Waals surface area contributed by atoms with Crippen LogP contribution >= 0.6 is 0 Å². The molecule has 1 N–H and O–H groups in total. The smallest absolute Gasteiger partial charge is 0.224 e. The molecule has 1 amide bonds. The molecule has 2 aromatic rings. The van der Waals surface area contributed by atoms with Crippen molar-refractivity contribution in [3.05, 3.63) is 64.7 Å². The van der Waals surface area contributed by atoms with Gasteiger partial charge in [0.2, 0.25) is 5.91 Å². The summed E-state index contributed by atoms with van der Waals surface area (Å²) in [5.74, 6) is 0.897. The van der Waals surface area contributed by atoms with Gasteiger partial charge in [-0.25, -0.2) is 0 Å². The fourth-order valence-electron chi connectivity index (χ4n) is 2.38. The molecule has 0 spiro atoms. The van der Waals surface area contributed by atoms with Crippen LogP contribution in [0.5, 0.6) is 5.75 Å². The first-order valence-electron chi connectivity index (χ1n) is 7.57. The molecule has 116 valence electrons. The maximum absolute atomic E-state index is 11.9. The van der Waals surface area contributed by atoms with Crippen LogP contribution in [0.25, 0.3) is 0 Å². The number of nitrogens with one attached hydrogen (secondary N) is 1. The fraction of sp³-hybridized carbons (Fsp3) is 0.316. The summed E-state index contributed by atoms with van der Waals surface area (Å²) in [5, 5.41) is 2.89. The first kappa shape index (κ1) is 16.1. The van der Waals surface area contributed by atoms with Gasteiger partial charge < -0.3 is 10.1 Å². The third-order valence-corrected chi connectivity index (χ3v) is 3.46. The second-order valence-corrected chi connectivity index (χ2v) is 5.63. The Morgan fingerprint density at radius 3 is 2.55 bits per heavy atom. The topological polar surface area (TPSA) is 38.3 Å². The van der Waals surface area contributed by atoms with Crippen LogP contribution in [0.15, 0.2) is 42.5 Å². The lowest BCUT2D eigenvalue weighted by molar-refractivity contribution is -0.120. The van der Waals surface area contributed by atoms with Gasteiger partial charge in [0.05, 0.1) is 13.0 Å². The van der Waals surface area contributed by atoms with E-state index in [2.05, 4.69) is 18.3 Å². The number of ether oxygens (including phenoxy) is 1. The van der Waals surface area contributed by atoms with Gasteiger partial charge in [0.25, 0.3) is 0 Å². The molecule has 0 aromatic heterocycles. The summed E-state index contributed by atoms with van der Waals surface area (Å²) in [5.41, 5.74) is 4.54. The number of rotatable bonds is 6. The Kier molecular flexibility index (Phi) is 5.59. The van der Waals surface area contributed by atoms with Crippen molar-refractivity contribution in [3.63, 3.8) is 0 Å². The van der Waals surface area contributed by atoms with Crippen LogP contribution in [-0.2, 0) is 11.2 Å². The molecule has 0 radical (unpaired) electrons. The Hall–Kier alpha value is -2.29. The number of hydrogen-bond acceptors (Lipinski definition) is 2. The number of carbonyl (C=O) groups is 1. The van der Waals surface area contributed by atoms with Crippen LogP contribution in [0.2, 0.25) is 0 Å². The SMILES string of the molecule is Cc1cccc(CC(=O)NCCOc2ccc(C)cc2C)c1. The molecule has 2 aromatic carbocycles. The van der Waals surface area contributed by atoms with E-state index < -0.39 is 0 Å². The van der Waals surface area contributed by atoms with Crippen molar-refractivity contribution in [2.24, 2.45) is 0 Å². The number of carbonyl (C=O) groups excluding carboxylic acids is 1. The Morgan fingerprint density at radius 1 is 1.05 bits per heavy atom. The van der Waals surface area contributed by atoms with Crippen LogP contribution in [-0.4, -0.2) is 19.1 Å². The Labute approximate surface area is 132 Å². The van der Waals surface area contributed by atoms with Crippen LogP contribution < -0.4 is 10.1 Å². The average Bonchev–Trinajstić information content (AvgIpc) is 2.45. The van der Waals surface area contributed by atoms with Gasteiger partial charge in [-0.3, -0.25) is 4.79 Å². The van der Waals surface area contributed by atoms with E-state index in [4.69, 9.17) is 4.74 Å². The Morgan fingerprint density at radius 2 is 1.82 bits per heavy atom. The van der Waals surface area contributed by atoms with Crippen molar-refractivity contribution in [1.82, 2.24) is 5.32 Å². The van der Waals surface area contributed by atoms with E-state index in [0.717, 1.165) is 16.9 Å². The van der Waals surface area contributed by atoms with E-state index in [9.17, 15) is 4.79 Å². The normalized spacial score (nSPS) is 10.3. The largest absolute Gasteiger partial charge is 0.491 e. The van der Waals surface area contributed by atoms with Crippen molar-refractivity contribution < 1.29 is 9.53 Å². The molecular formula is C19H23NO2. The summed E-state index contributed by atoms with van der Waals surface area (Å²) in [7, 11) is 0. The molecule has 0 aliphatic rings. The van der Waals surface area contributed by atoms with Crippen molar-refractivity contribution >= 4 is 5.91 Å². The third kappa shape index (κ3) is 4.92. The van der Waals surface area contributed by atoms with E-state index in [-0.39, 0.29) is 5.91 Å². The lowest BCUT2D eigenvalue weighted by Crippen LogP contribution is -2.29. The molecule has 3 heteroatoms. The Bertz CT molecular complexity index is 650. The standard InChI is InChI=1S/C19H23NO2/c1-14-5-4-6-17(12-14)13-19(21)20-9-10-22-18-8-7-15(2)11-16(18)3/h4-8,11-12H,9-10,13H2,1-3H3,(H,20,21). The van der Waals surface area contributed by atoms with Gasteiger partial charge in [0, 0.05) is 0 Å². The first-order valence-corrected chi connectivity index (χ1v) is 7.57. The summed E-state index contributed by atoms with van der Waals surface area (Å²) < 4.78 is 5.70. The third-order valence-electron chi connectivity index (χ3n) is 3.46. The van der Waals surface area contributed by atoms with Crippen molar-refractivity contribution in [3.8, 4) is 5.75 Å². The number of aryl methyl sites for hydroxylation is 3. The number of benzene rings is 2. The van der Waals surface area contributed by atoms with Crippen LogP contribution in [0.4, 0.5) is 0 Å². The lowest BCUT2D eigenvalue weighted by Gasteiger charge is -2.10. The minimum atomic E-state index is 0.0230. The summed E-state index contributed by atoms with van der Waals surface area (Å²) in [6.07, 6.45) is 0.408. The van der Waals surface area contributed by atoms with Gasteiger partial charge in [0.1, 0.15) is 12.4 Å². The summed E-state index contributed by atoms with van der Waals surface area (Å²) >= 11 is 0. The maximum Gasteiger partial charge on any atom is 0.224 e. The molecule has 0 fully saturated rings.